The Labute approximate surface area is 119 Å². The van der Waals surface area contributed by atoms with Crippen molar-refractivity contribution in [1.29, 1.82) is 0 Å². The summed E-state index contributed by atoms with van der Waals surface area (Å²) in [6, 6.07) is 0. The van der Waals surface area contributed by atoms with Crippen molar-refractivity contribution in [3.63, 3.8) is 0 Å². The van der Waals surface area contributed by atoms with Gasteiger partial charge in [0.25, 0.3) is 5.56 Å². The van der Waals surface area contributed by atoms with E-state index in [0.717, 1.165) is 4.57 Å². The molecule has 0 fully saturated rings. The molecule has 2 rings (SSSR count). The van der Waals surface area contributed by atoms with Gasteiger partial charge >= 0.3 is 11.7 Å². The molecule has 21 heavy (non-hydrogen) atoms. The van der Waals surface area contributed by atoms with Gasteiger partial charge in [0.1, 0.15) is 6.54 Å². The summed E-state index contributed by atoms with van der Waals surface area (Å²) in [6.07, 6.45) is 0. The number of carbonyl (C=O) groups excluding carboxylic acids is 1. The molecule has 0 aliphatic heterocycles. The van der Waals surface area contributed by atoms with Gasteiger partial charge in [-0.25, -0.2) is 4.79 Å². The zero-order valence-corrected chi connectivity index (χ0v) is 12.3. The first-order chi connectivity index (χ1) is 9.90. The quantitative estimate of drug-likeness (QED) is 0.723. The van der Waals surface area contributed by atoms with Gasteiger partial charge in [-0.1, -0.05) is 0 Å². The van der Waals surface area contributed by atoms with Crippen molar-refractivity contribution in [2.24, 2.45) is 14.1 Å². The first-order valence-corrected chi connectivity index (χ1v) is 6.38. The van der Waals surface area contributed by atoms with Crippen LogP contribution >= 0.6 is 0 Å². The van der Waals surface area contributed by atoms with E-state index in [2.05, 4.69) is 14.7 Å². The molecule has 114 valence electrons. The number of likely N-dealkylation sites (N-methyl/N-ethyl adjacent to an activating group) is 1. The Morgan fingerprint density at radius 1 is 1.33 bits per heavy atom. The molecule has 0 aromatic carbocycles. The second kappa shape index (κ2) is 5.43. The number of methoxy groups -OCH3 is 1. The molecule has 0 atom stereocenters. The number of rotatable bonds is 4. The number of nitrogens with zero attached hydrogens (tertiary/aromatic N) is 4. The number of H-pyrrole nitrogens is 1. The van der Waals surface area contributed by atoms with Crippen molar-refractivity contribution >= 4 is 23.1 Å². The lowest BCUT2D eigenvalue weighted by Crippen LogP contribution is -2.36. The predicted molar refractivity (Wildman–Crippen MR) is 76.5 cm³/mol. The van der Waals surface area contributed by atoms with E-state index in [9.17, 15) is 14.4 Å². The molecule has 0 amide bonds. The van der Waals surface area contributed by atoms with Crippen LogP contribution in [0.2, 0.25) is 0 Å². The zero-order chi connectivity index (χ0) is 15.7. The van der Waals surface area contributed by atoms with Crippen LogP contribution in [-0.4, -0.2) is 45.3 Å². The lowest BCUT2D eigenvalue weighted by molar-refractivity contribution is -0.138. The molecule has 0 saturated heterocycles. The smallest absolute Gasteiger partial charge is 0.332 e. The minimum atomic E-state index is -0.457. The van der Waals surface area contributed by atoms with Gasteiger partial charge < -0.3 is 14.6 Å². The molecule has 0 unspecified atom stereocenters. The van der Waals surface area contributed by atoms with E-state index in [0.29, 0.717) is 12.5 Å². The van der Waals surface area contributed by atoms with E-state index < -0.39 is 17.2 Å². The third-order valence-corrected chi connectivity index (χ3v) is 3.31. The second-order valence-corrected chi connectivity index (χ2v) is 4.56. The molecule has 0 bridgehead atoms. The predicted octanol–water partition coefficient (Wildman–Crippen LogP) is -1.04. The third kappa shape index (κ3) is 2.41. The largest absolute Gasteiger partial charge is 0.468 e. The van der Waals surface area contributed by atoms with Gasteiger partial charge in [-0.3, -0.25) is 18.7 Å². The van der Waals surface area contributed by atoms with E-state index in [1.54, 1.807) is 4.90 Å². The van der Waals surface area contributed by atoms with Crippen LogP contribution in [-0.2, 0) is 23.6 Å². The minimum absolute atomic E-state index is 0.00108. The average Bonchev–Trinajstić information content (AvgIpc) is 2.93. The average molecular weight is 295 g/mol. The molecular weight excluding hydrogens is 278 g/mol. The second-order valence-electron chi connectivity index (χ2n) is 4.56. The molecule has 2 aromatic rings. The van der Waals surface area contributed by atoms with Crippen LogP contribution in [0.15, 0.2) is 9.59 Å². The van der Waals surface area contributed by atoms with Gasteiger partial charge in [0.2, 0.25) is 5.95 Å². The maximum absolute atomic E-state index is 12.1. The monoisotopic (exact) mass is 295 g/mol. The Morgan fingerprint density at radius 2 is 2.00 bits per heavy atom. The lowest BCUT2D eigenvalue weighted by atomic mass is 10.5. The molecule has 1 N–H and O–H groups in total. The zero-order valence-electron chi connectivity index (χ0n) is 12.3. The van der Waals surface area contributed by atoms with Crippen molar-refractivity contribution in [1.82, 2.24) is 19.1 Å². The van der Waals surface area contributed by atoms with Gasteiger partial charge in [-0.05, 0) is 6.92 Å². The van der Waals surface area contributed by atoms with Crippen LogP contribution in [0.3, 0.4) is 0 Å². The molecule has 0 saturated carbocycles. The Balaban J connectivity index is 2.60. The van der Waals surface area contributed by atoms with Gasteiger partial charge in [-0.15, -0.1) is 0 Å². The van der Waals surface area contributed by atoms with Crippen LogP contribution < -0.4 is 16.1 Å². The number of fused-ring (bicyclic) bond motifs is 1. The highest BCUT2D eigenvalue weighted by Crippen LogP contribution is 2.13. The molecule has 0 radical (unpaired) electrons. The van der Waals surface area contributed by atoms with E-state index in [4.69, 9.17) is 0 Å². The number of anilines is 1. The number of hydrogen-bond donors (Lipinski definition) is 1. The number of esters is 1. The highest BCUT2D eigenvalue weighted by Gasteiger charge is 2.18. The van der Waals surface area contributed by atoms with Crippen molar-refractivity contribution < 1.29 is 9.53 Å². The highest BCUT2D eigenvalue weighted by atomic mass is 16.5. The summed E-state index contributed by atoms with van der Waals surface area (Å²) in [4.78, 5) is 44.1. The van der Waals surface area contributed by atoms with Gasteiger partial charge in [0.15, 0.2) is 11.2 Å². The summed E-state index contributed by atoms with van der Waals surface area (Å²) in [5.74, 6) is -0.0738. The molecule has 9 heteroatoms. The number of carbonyl (C=O) groups is 1. The number of imidazole rings is 1. The number of aryl methyl sites for hydroxylation is 1. The van der Waals surface area contributed by atoms with Crippen LogP contribution in [0.4, 0.5) is 5.95 Å². The van der Waals surface area contributed by atoms with Crippen LogP contribution in [0.5, 0.6) is 0 Å². The minimum Gasteiger partial charge on any atom is -0.468 e. The molecule has 2 aromatic heterocycles. The fraction of sp³-hybridized carbons (Fsp3) is 0.500. The van der Waals surface area contributed by atoms with E-state index in [-0.39, 0.29) is 17.7 Å². The first-order valence-electron chi connectivity index (χ1n) is 6.38. The Hall–Kier alpha value is -2.58. The molecular formula is C12H17N5O4. The summed E-state index contributed by atoms with van der Waals surface area (Å²) in [6.45, 7) is 2.33. The van der Waals surface area contributed by atoms with Crippen LogP contribution in [0.1, 0.15) is 6.92 Å². The summed E-state index contributed by atoms with van der Waals surface area (Å²) in [7, 11) is 4.23. The van der Waals surface area contributed by atoms with Gasteiger partial charge in [-0.2, -0.15) is 4.98 Å². The number of nitrogens with one attached hydrogen (secondary N) is 1. The summed E-state index contributed by atoms with van der Waals surface area (Å²) in [5.41, 5.74) is -0.443. The molecule has 0 aliphatic rings. The van der Waals surface area contributed by atoms with E-state index in [1.807, 2.05) is 6.92 Å². The number of ether oxygens (including phenoxy) is 1. The maximum Gasteiger partial charge on any atom is 0.332 e. The summed E-state index contributed by atoms with van der Waals surface area (Å²) in [5, 5.41) is 0. The first kappa shape index (κ1) is 14.8. The van der Waals surface area contributed by atoms with Crippen LogP contribution in [0, 0.1) is 0 Å². The normalized spacial score (nSPS) is 10.9. The van der Waals surface area contributed by atoms with Crippen molar-refractivity contribution in [3.8, 4) is 0 Å². The van der Waals surface area contributed by atoms with Gasteiger partial charge in [0, 0.05) is 20.6 Å². The Bertz CT molecular complexity index is 800. The summed E-state index contributed by atoms with van der Waals surface area (Å²) < 4.78 is 6.90. The fourth-order valence-electron chi connectivity index (χ4n) is 2.02. The summed E-state index contributed by atoms with van der Waals surface area (Å²) >= 11 is 0. The van der Waals surface area contributed by atoms with E-state index in [1.165, 1.54) is 25.8 Å². The highest BCUT2D eigenvalue weighted by molar-refractivity contribution is 5.77. The van der Waals surface area contributed by atoms with Crippen LogP contribution in [0.25, 0.3) is 11.2 Å². The third-order valence-electron chi connectivity index (χ3n) is 3.31. The SMILES string of the molecule is CCN(CC(=O)OC)c1nc2c([nH]1)c(=O)n(C)c(=O)n2C. The lowest BCUT2D eigenvalue weighted by Gasteiger charge is -2.17. The standard InChI is InChI=1S/C12H17N5O4/c1-5-17(6-7(18)21-4)11-13-8-9(14-11)15(2)12(20)16(3)10(8)19/h5-6H2,1-4H3,(H,13,14). The molecule has 2 heterocycles. The fourth-order valence-corrected chi connectivity index (χ4v) is 2.02. The Kier molecular flexibility index (Phi) is 3.83. The van der Waals surface area contributed by atoms with E-state index >= 15 is 0 Å². The van der Waals surface area contributed by atoms with Crippen molar-refractivity contribution in [2.45, 2.75) is 6.92 Å². The Morgan fingerprint density at radius 3 is 2.57 bits per heavy atom. The topological polar surface area (TPSA) is 102 Å². The van der Waals surface area contributed by atoms with Gasteiger partial charge in [0.05, 0.1) is 7.11 Å². The number of aromatic nitrogens is 4. The van der Waals surface area contributed by atoms with Crippen molar-refractivity contribution in [2.75, 3.05) is 25.1 Å². The molecule has 0 aliphatic carbocycles. The molecule has 0 spiro atoms. The number of hydrogen-bond acceptors (Lipinski definition) is 6. The van der Waals surface area contributed by atoms with Crippen molar-refractivity contribution in [3.05, 3.63) is 20.8 Å². The maximum atomic E-state index is 12.1. The molecule has 9 nitrogen and oxygen atoms in total. The number of aromatic amines is 1.